The highest BCUT2D eigenvalue weighted by molar-refractivity contribution is 5.91. The molecule has 0 atom stereocenters. The van der Waals surface area contributed by atoms with E-state index >= 15 is 0 Å². The smallest absolute Gasteiger partial charge is 0.338 e. The Bertz CT molecular complexity index is 478. The Labute approximate surface area is 114 Å². The molecule has 1 heterocycles. The van der Waals surface area contributed by atoms with Crippen LogP contribution in [0.4, 0.5) is 0 Å². The summed E-state index contributed by atoms with van der Waals surface area (Å²) < 4.78 is 4.91. The predicted octanol–water partition coefficient (Wildman–Crippen LogP) is 2.77. The lowest BCUT2D eigenvalue weighted by molar-refractivity contribution is 0.0596. The number of fused-ring (bicyclic) bond motifs is 1. The van der Waals surface area contributed by atoms with Crippen LogP contribution in [0.5, 0.6) is 0 Å². The molecule has 0 amide bonds. The highest BCUT2D eigenvalue weighted by Crippen LogP contribution is 2.30. The summed E-state index contributed by atoms with van der Waals surface area (Å²) in [7, 11) is 1.46. The molecule has 0 aromatic heterocycles. The molecule has 1 aromatic rings. The molecule has 1 saturated carbocycles. The van der Waals surface area contributed by atoms with Gasteiger partial charge in [0.1, 0.15) is 0 Å². The Hall–Kier alpha value is -1.35. The highest BCUT2D eigenvalue weighted by atomic mass is 16.5. The van der Waals surface area contributed by atoms with Crippen molar-refractivity contribution in [2.45, 2.75) is 44.7 Å². The summed E-state index contributed by atoms with van der Waals surface area (Å²) >= 11 is 0. The summed E-state index contributed by atoms with van der Waals surface area (Å²) in [5, 5.41) is 0. The molecule has 1 aliphatic heterocycles. The number of rotatable bonds is 2. The normalized spacial score (nSPS) is 20.3. The minimum atomic E-state index is -0.204. The van der Waals surface area contributed by atoms with Gasteiger partial charge in [0.25, 0.3) is 0 Å². The van der Waals surface area contributed by atoms with Crippen LogP contribution in [-0.2, 0) is 17.7 Å². The van der Waals surface area contributed by atoms with Crippen molar-refractivity contribution in [1.29, 1.82) is 0 Å². The van der Waals surface area contributed by atoms with E-state index in [9.17, 15) is 4.79 Å². The summed E-state index contributed by atoms with van der Waals surface area (Å²) in [6, 6.07) is 6.73. The highest BCUT2D eigenvalue weighted by Gasteiger charge is 2.28. The molecule has 0 N–H and O–H groups in total. The summed E-state index contributed by atoms with van der Waals surface area (Å²) in [6.45, 7) is 2.04. The molecule has 19 heavy (non-hydrogen) atoms. The van der Waals surface area contributed by atoms with Gasteiger partial charge in [-0.05, 0) is 36.5 Å². The van der Waals surface area contributed by atoms with Crippen LogP contribution in [-0.4, -0.2) is 30.6 Å². The fourth-order valence-corrected chi connectivity index (χ4v) is 3.48. The number of carbonyl (C=O) groups is 1. The van der Waals surface area contributed by atoms with Crippen molar-refractivity contribution in [2.24, 2.45) is 0 Å². The average molecular weight is 259 g/mol. The first kappa shape index (κ1) is 12.7. The van der Waals surface area contributed by atoms with Gasteiger partial charge in [0.2, 0.25) is 0 Å². The largest absolute Gasteiger partial charge is 0.465 e. The molecule has 3 nitrogen and oxygen atoms in total. The molecule has 0 bridgehead atoms. The number of hydrogen-bond acceptors (Lipinski definition) is 3. The number of benzene rings is 1. The first-order valence-corrected chi connectivity index (χ1v) is 7.22. The third kappa shape index (κ3) is 2.39. The van der Waals surface area contributed by atoms with E-state index in [0.29, 0.717) is 0 Å². The van der Waals surface area contributed by atoms with Gasteiger partial charge >= 0.3 is 5.97 Å². The van der Waals surface area contributed by atoms with Gasteiger partial charge in [-0.2, -0.15) is 0 Å². The predicted molar refractivity (Wildman–Crippen MR) is 74.2 cm³/mol. The molecule has 1 fully saturated rings. The van der Waals surface area contributed by atoms with Crippen molar-refractivity contribution >= 4 is 5.97 Å². The molecule has 102 valence electrons. The van der Waals surface area contributed by atoms with Gasteiger partial charge in [0.15, 0.2) is 0 Å². The van der Waals surface area contributed by atoms with Crippen molar-refractivity contribution in [3.05, 3.63) is 34.9 Å². The van der Waals surface area contributed by atoms with E-state index in [0.717, 1.165) is 31.1 Å². The second-order valence-electron chi connectivity index (χ2n) is 5.59. The maximum Gasteiger partial charge on any atom is 0.338 e. The van der Waals surface area contributed by atoms with E-state index in [-0.39, 0.29) is 5.97 Å². The van der Waals surface area contributed by atoms with E-state index in [4.69, 9.17) is 4.74 Å². The average Bonchev–Trinajstić information content (AvgIpc) is 2.99. The Balaban J connectivity index is 1.87. The molecule has 3 heteroatoms. The van der Waals surface area contributed by atoms with Crippen LogP contribution in [0.25, 0.3) is 0 Å². The topological polar surface area (TPSA) is 29.5 Å². The summed E-state index contributed by atoms with van der Waals surface area (Å²) in [5.74, 6) is -0.204. The first-order valence-electron chi connectivity index (χ1n) is 7.22. The zero-order valence-electron chi connectivity index (χ0n) is 11.5. The lowest BCUT2D eigenvalue weighted by Crippen LogP contribution is -2.38. The van der Waals surface area contributed by atoms with Crippen LogP contribution in [0, 0.1) is 0 Å². The summed E-state index contributed by atoms with van der Waals surface area (Å²) in [5.41, 5.74) is 3.26. The molecule has 0 radical (unpaired) electrons. The van der Waals surface area contributed by atoms with Gasteiger partial charge in [-0.15, -0.1) is 0 Å². The standard InChI is InChI=1S/C16H21NO2/c1-19-16(18)14-8-4-5-12-9-10-17(11-15(12)14)13-6-2-3-7-13/h4-5,8,13H,2-3,6-7,9-11H2,1H3. The van der Waals surface area contributed by atoms with Crippen LogP contribution in [0.1, 0.15) is 47.2 Å². The Kier molecular flexibility index (Phi) is 3.56. The van der Waals surface area contributed by atoms with Gasteiger partial charge in [0, 0.05) is 19.1 Å². The van der Waals surface area contributed by atoms with Crippen molar-refractivity contribution in [1.82, 2.24) is 4.90 Å². The fraction of sp³-hybridized carbons (Fsp3) is 0.562. The number of ether oxygens (including phenoxy) is 1. The fourth-order valence-electron chi connectivity index (χ4n) is 3.48. The minimum absolute atomic E-state index is 0.204. The molecule has 1 aliphatic carbocycles. The molecular weight excluding hydrogens is 238 g/mol. The number of carbonyl (C=O) groups excluding carboxylic acids is 1. The molecular formula is C16H21NO2. The van der Waals surface area contributed by atoms with E-state index in [1.165, 1.54) is 43.9 Å². The Morgan fingerprint density at radius 3 is 2.84 bits per heavy atom. The SMILES string of the molecule is COC(=O)c1cccc2c1CN(C1CCCC1)CC2. The quantitative estimate of drug-likeness (QED) is 0.765. The maximum absolute atomic E-state index is 11.9. The van der Waals surface area contributed by atoms with Crippen LogP contribution in [0.2, 0.25) is 0 Å². The van der Waals surface area contributed by atoms with Gasteiger partial charge in [-0.25, -0.2) is 4.79 Å². The lowest BCUT2D eigenvalue weighted by atomic mass is 9.93. The number of hydrogen-bond donors (Lipinski definition) is 0. The second-order valence-corrected chi connectivity index (χ2v) is 5.59. The van der Waals surface area contributed by atoms with Crippen molar-refractivity contribution < 1.29 is 9.53 Å². The number of esters is 1. The zero-order chi connectivity index (χ0) is 13.2. The molecule has 0 spiro atoms. The number of methoxy groups -OCH3 is 1. The Morgan fingerprint density at radius 1 is 1.32 bits per heavy atom. The van der Waals surface area contributed by atoms with E-state index in [2.05, 4.69) is 11.0 Å². The lowest BCUT2D eigenvalue weighted by Gasteiger charge is -2.34. The molecule has 3 rings (SSSR count). The minimum Gasteiger partial charge on any atom is -0.465 e. The van der Waals surface area contributed by atoms with Crippen LogP contribution >= 0.6 is 0 Å². The van der Waals surface area contributed by atoms with Crippen LogP contribution < -0.4 is 0 Å². The first-order chi connectivity index (χ1) is 9.29. The molecule has 1 aromatic carbocycles. The van der Waals surface area contributed by atoms with Gasteiger partial charge in [0.05, 0.1) is 12.7 Å². The Morgan fingerprint density at radius 2 is 2.11 bits per heavy atom. The second kappa shape index (κ2) is 5.33. The van der Waals surface area contributed by atoms with E-state index < -0.39 is 0 Å². The molecule has 0 unspecified atom stereocenters. The third-order valence-electron chi connectivity index (χ3n) is 4.55. The van der Waals surface area contributed by atoms with Crippen molar-refractivity contribution in [2.75, 3.05) is 13.7 Å². The zero-order valence-corrected chi connectivity index (χ0v) is 11.5. The monoisotopic (exact) mass is 259 g/mol. The number of nitrogens with zero attached hydrogens (tertiary/aromatic N) is 1. The van der Waals surface area contributed by atoms with Gasteiger partial charge in [-0.3, -0.25) is 4.90 Å². The summed E-state index contributed by atoms with van der Waals surface area (Å²) in [6.07, 6.45) is 6.39. The van der Waals surface area contributed by atoms with E-state index in [1.807, 2.05) is 12.1 Å². The van der Waals surface area contributed by atoms with Gasteiger partial charge < -0.3 is 4.74 Å². The van der Waals surface area contributed by atoms with E-state index in [1.54, 1.807) is 0 Å². The molecule has 0 saturated heterocycles. The van der Waals surface area contributed by atoms with Crippen molar-refractivity contribution in [3.8, 4) is 0 Å². The van der Waals surface area contributed by atoms with Crippen LogP contribution in [0.15, 0.2) is 18.2 Å². The van der Waals surface area contributed by atoms with Crippen LogP contribution in [0.3, 0.4) is 0 Å². The van der Waals surface area contributed by atoms with Crippen molar-refractivity contribution in [3.63, 3.8) is 0 Å². The summed E-state index contributed by atoms with van der Waals surface area (Å²) in [4.78, 5) is 14.4. The molecule has 2 aliphatic rings. The van der Waals surface area contributed by atoms with Gasteiger partial charge in [-0.1, -0.05) is 25.0 Å². The third-order valence-corrected chi connectivity index (χ3v) is 4.55. The maximum atomic E-state index is 11.9.